The minimum Gasteiger partial charge on any atom is -0.496 e. The number of benzene rings is 2. The van der Waals surface area contributed by atoms with Crippen LogP contribution in [0.4, 0.5) is 0 Å². The normalized spacial score (nSPS) is 14.1. The van der Waals surface area contributed by atoms with Gasteiger partial charge in [-0.3, -0.25) is 9.59 Å². The zero-order valence-electron chi connectivity index (χ0n) is 32.3. The topological polar surface area (TPSA) is 129 Å². The summed E-state index contributed by atoms with van der Waals surface area (Å²) in [5.41, 5.74) is 3.27. The molecule has 12 nitrogen and oxygen atoms in total. The number of aromatic nitrogens is 2. The Kier molecular flexibility index (Phi) is 14.7. The van der Waals surface area contributed by atoms with E-state index in [0.717, 1.165) is 70.1 Å². The average Bonchev–Trinajstić information content (AvgIpc) is 3.57. The number of amides is 2. The Morgan fingerprint density at radius 2 is 1.54 bits per heavy atom. The summed E-state index contributed by atoms with van der Waals surface area (Å²) in [5, 5.41) is 17.7. The van der Waals surface area contributed by atoms with Crippen molar-refractivity contribution in [2.45, 2.75) is 70.8 Å². The third-order valence-corrected chi connectivity index (χ3v) is 9.95. The Labute approximate surface area is 309 Å². The number of methoxy groups -OCH3 is 2. The highest BCUT2D eigenvalue weighted by molar-refractivity contribution is 5.97. The van der Waals surface area contributed by atoms with Gasteiger partial charge in [0.15, 0.2) is 5.69 Å². The van der Waals surface area contributed by atoms with Crippen LogP contribution in [-0.4, -0.2) is 122 Å². The van der Waals surface area contributed by atoms with Gasteiger partial charge in [0, 0.05) is 19.2 Å². The molecule has 52 heavy (non-hydrogen) atoms. The molecule has 1 fully saturated rings. The van der Waals surface area contributed by atoms with Gasteiger partial charge in [-0.1, -0.05) is 39.2 Å². The molecule has 0 saturated heterocycles. The number of carbonyl (C=O) groups excluding carboxylic acids is 2. The first-order chi connectivity index (χ1) is 24.9. The Bertz CT molecular complexity index is 1640. The van der Waals surface area contributed by atoms with Crippen molar-refractivity contribution in [1.82, 2.24) is 29.8 Å². The summed E-state index contributed by atoms with van der Waals surface area (Å²) in [6.45, 7) is 7.68. The molecule has 0 bridgehead atoms. The molecule has 1 heterocycles. The number of ether oxygens (including phenoxy) is 2. The maximum Gasteiger partial charge on any atom is 0.326 e. The van der Waals surface area contributed by atoms with E-state index in [9.17, 15) is 19.5 Å². The molecule has 4 rings (SSSR count). The van der Waals surface area contributed by atoms with Crippen LogP contribution in [0.3, 0.4) is 0 Å². The molecule has 1 aromatic heterocycles. The molecular formula is C40H58N6O6. The van der Waals surface area contributed by atoms with Crippen LogP contribution in [0, 0.1) is 5.92 Å². The molecule has 284 valence electrons. The van der Waals surface area contributed by atoms with Crippen LogP contribution in [0.25, 0.3) is 16.9 Å². The molecule has 0 radical (unpaired) electrons. The first-order valence-electron chi connectivity index (χ1n) is 18.4. The van der Waals surface area contributed by atoms with Gasteiger partial charge >= 0.3 is 5.97 Å². The Balaban J connectivity index is 1.68. The fourth-order valence-corrected chi connectivity index (χ4v) is 7.03. The second-order valence-corrected chi connectivity index (χ2v) is 14.5. The summed E-state index contributed by atoms with van der Waals surface area (Å²) in [7, 11) is 11.2. The van der Waals surface area contributed by atoms with E-state index >= 15 is 0 Å². The smallest absolute Gasteiger partial charge is 0.326 e. The van der Waals surface area contributed by atoms with E-state index in [2.05, 4.69) is 36.3 Å². The number of nitrogens with one attached hydrogen (secondary N) is 1. The van der Waals surface area contributed by atoms with Crippen LogP contribution < -0.4 is 14.8 Å². The van der Waals surface area contributed by atoms with Gasteiger partial charge in [-0.05, 0) is 120 Å². The molecule has 1 aliphatic rings. The first kappa shape index (κ1) is 40.4. The molecule has 1 saturated carbocycles. The monoisotopic (exact) mass is 718 g/mol. The number of nitrogens with zero attached hydrogens (tertiary/aromatic N) is 5. The molecule has 0 spiro atoms. The summed E-state index contributed by atoms with van der Waals surface area (Å²) in [6, 6.07) is 11.6. The van der Waals surface area contributed by atoms with E-state index in [0.29, 0.717) is 40.6 Å². The second kappa shape index (κ2) is 18.9. The van der Waals surface area contributed by atoms with Crippen LogP contribution in [0.1, 0.15) is 91.1 Å². The summed E-state index contributed by atoms with van der Waals surface area (Å²) in [5.74, 6) is -0.822. The van der Waals surface area contributed by atoms with Gasteiger partial charge in [0.25, 0.3) is 11.8 Å². The Hall–Kier alpha value is -4.42. The van der Waals surface area contributed by atoms with E-state index in [1.54, 1.807) is 48.1 Å². The first-order valence-corrected chi connectivity index (χ1v) is 18.4. The maximum absolute atomic E-state index is 13.8. The minimum atomic E-state index is -1.05. The van der Waals surface area contributed by atoms with Crippen molar-refractivity contribution in [2.75, 3.05) is 68.6 Å². The molecule has 12 heteroatoms. The standard InChI is InChI=1S/C40H58N6O6/c1-27(2)30-25-29(39(48)45(6)24-14-23-44(5)22-13-21-43(3)4)19-20-32(30)46-33(36-34(51-7)17-12-18-35(36)52-8)26-31(42-46)38(47)41-37(40(49)50)28-15-10-9-11-16-28/h12,17-20,25-28,37H,9-11,13-16,21-24H2,1-8H3,(H,41,47)(H,49,50)/t37-/m0/s1. The predicted octanol–water partition coefficient (Wildman–Crippen LogP) is 5.79. The van der Waals surface area contributed by atoms with Crippen molar-refractivity contribution in [3.63, 3.8) is 0 Å². The maximum atomic E-state index is 13.8. The zero-order valence-corrected chi connectivity index (χ0v) is 32.3. The highest BCUT2D eigenvalue weighted by Gasteiger charge is 2.32. The number of aliphatic carboxylic acids is 1. The number of carbonyl (C=O) groups is 3. The minimum absolute atomic E-state index is 0.0135. The molecule has 1 aliphatic carbocycles. The molecule has 3 aromatic rings. The van der Waals surface area contributed by atoms with E-state index < -0.39 is 17.9 Å². The second-order valence-electron chi connectivity index (χ2n) is 14.5. The molecule has 1 atom stereocenters. The third kappa shape index (κ3) is 10.1. The SMILES string of the molecule is COc1cccc(OC)c1-c1cc(C(=O)N[C@H](C(=O)O)C2CCCCC2)nn1-c1ccc(C(=O)N(C)CCCN(C)CCCN(C)C)cc1C(C)C. The van der Waals surface area contributed by atoms with Gasteiger partial charge in [0.1, 0.15) is 17.5 Å². The van der Waals surface area contributed by atoms with Gasteiger partial charge in [-0.2, -0.15) is 5.10 Å². The van der Waals surface area contributed by atoms with Gasteiger partial charge in [-0.25, -0.2) is 9.48 Å². The Morgan fingerprint density at radius 1 is 0.904 bits per heavy atom. The van der Waals surface area contributed by atoms with Crippen molar-refractivity contribution >= 4 is 17.8 Å². The number of hydrogen-bond donors (Lipinski definition) is 2. The zero-order chi connectivity index (χ0) is 37.9. The van der Waals surface area contributed by atoms with Crippen molar-refractivity contribution < 1.29 is 29.0 Å². The molecular weight excluding hydrogens is 660 g/mol. The lowest BCUT2D eigenvalue weighted by Gasteiger charge is -2.27. The van der Waals surface area contributed by atoms with E-state index in [1.165, 1.54) is 0 Å². The number of hydrogen-bond acceptors (Lipinski definition) is 8. The van der Waals surface area contributed by atoms with Gasteiger partial charge in [-0.15, -0.1) is 0 Å². The molecule has 0 aliphatic heterocycles. The van der Waals surface area contributed by atoms with E-state index in [-0.39, 0.29) is 23.4 Å². The summed E-state index contributed by atoms with van der Waals surface area (Å²) >= 11 is 0. The van der Waals surface area contributed by atoms with Gasteiger partial charge in [0.2, 0.25) is 0 Å². The van der Waals surface area contributed by atoms with E-state index in [4.69, 9.17) is 14.6 Å². The van der Waals surface area contributed by atoms with Crippen molar-refractivity contribution in [2.24, 2.45) is 5.92 Å². The number of rotatable bonds is 18. The molecule has 2 amide bonds. The van der Waals surface area contributed by atoms with E-state index in [1.807, 2.05) is 39.1 Å². The predicted molar refractivity (Wildman–Crippen MR) is 204 cm³/mol. The highest BCUT2D eigenvalue weighted by Crippen LogP contribution is 2.40. The van der Waals surface area contributed by atoms with Crippen LogP contribution in [0.5, 0.6) is 11.5 Å². The lowest BCUT2D eigenvalue weighted by atomic mass is 9.84. The fourth-order valence-electron chi connectivity index (χ4n) is 7.03. The summed E-state index contributed by atoms with van der Waals surface area (Å²) in [4.78, 5) is 46.1. The highest BCUT2D eigenvalue weighted by atomic mass is 16.5. The van der Waals surface area contributed by atoms with Gasteiger partial charge < -0.3 is 34.6 Å². The van der Waals surface area contributed by atoms with Crippen LogP contribution >= 0.6 is 0 Å². The number of carboxylic acid groups (broad SMARTS) is 1. The molecule has 0 unspecified atom stereocenters. The van der Waals surface area contributed by atoms with Crippen molar-refractivity contribution in [1.29, 1.82) is 0 Å². The quantitative estimate of drug-likeness (QED) is 0.168. The average molecular weight is 719 g/mol. The third-order valence-electron chi connectivity index (χ3n) is 9.95. The molecule has 2 aromatic carbocycles. The summed E-state index contributed by atoms with van der Waals surface area (Å²) in [6.07, 6.45) is 6.42. The van der Waals surface area contributed by atoms with Crippen LogP contribution in [0.15, 0.2) is 42.5 Å². The van der Waals surface area contributed by atoms with Gasteiger partial charge in [0.05, 0.1) is 31.2 Å². The fraction of sp³-hybridized carbons (Fsp3) is 0.550. The van der Waals surface area contributed by atoms with Crippen molar-refractivity contribution in [3.05, 3.63) is 59.3 Å². The summed E-state index contributed by atoms with van der Waals surface area (Å²) < 4.78 is 13.2. The lowest BCUT2D eigenvalue weighted by molar-refractivity contribution is -0.141. The van der Waals surface area contributed by atoms with Crippen LogP contribution in [0.2, 0.25) is 0 Å². The lowest BCUT2D eigenvalue weighted by Crippen LogP contribution is -2.46. The van der Waals surface area contributed by atoms with Crippen LogP contribution in [-0.2, 0) is 4.79 Å². The number of carboxylic acids is 1. The Morgan fingerprint density at radius 3 is 2.12 bits per heavy atom. The largest absolute Gasteiger partial charge is 0.496 e. The van der Waals surface area contributed by atoms with Crippen molar-refractivity contribution in [3.8, 4) is 28.4 Å². The molecule has 2 N–H and O–H groups in total.